The maximum atomic E-state index is 13.9. The number of ether oxygens (including phenoxy) is 1. The number of carbonyl (C=O) groups excluding carboxylic acids is 1. The number of hydrogen-bond donors (Lipinski definition) is 1. The van der Waals surface area contributed by atoms with Crippen LogP contribution in [0.5, 0.6) is 0 Å². The van der Waals surface area contributed by atoms with E-state index >= 15 is 0 Å². The molecule has 1 atom stereocenters. The lowest BCUT2D eigenvalue weighted by molar-refractivity contribution is -0.160. The normalized spacial score (nSPS) is 19.4. The number of halogens is 1. The Balaban J connectivity index is 2.22. The minimum Gasteiger partial charge on any atom is -0.479 e. The Morgan fingerprint density at radius 1 is 1.38 bits per heavy atom. The van der Waals surface area contributed by atoms with Crippen LogP contribution in [0.25, 0.3) is 0 Å². The van der Waals surface area contributed by atoms with Crippen molar-refractivity contribution in [1.29, 1.82) is 0 Å². The minimum atomic E-state index is -1.10. The summed E-state index contributed by atoms with van der Waals surface area (Å²) in [6.45, 7) is 3.72. The molecule has 1 heterocycles. The molecule has 6 heteroatoms. The van der Waals surface area contributed by atoms with Gasteiger partial charge in [0, 0.05) is 12.1 Å². The van der Waals surface area contributed by atoms with Gasteiger partial charge in [-0.3, -0.25) is 4.79 Å². The van der Waals surface area contributed by atoms with E-state index in [1.807, 2.05) is 0 Å². The first-order chi connectivity index (χ1) is 9.84. The molecule has 1 aliphatic rings. The molecule has 1 saturated heterocycles. The average Bonchev–Trinajstić information content (AvgIpc) is 2.46. The Morgan fingerprint density at radius 3 is 2.67 bits per heavy atom. The topological polar surface area (TPSA) is 66.8 Å². The fourth-order valence-electron chi connectivity index (χ4n) is 2.46. The third-order valence-electron chi connectivity index (χ3n) is 3.71. The van der Waals surface area contributed by atoms with E-state index in [0.717, 1.165) is 0 Å². The van der Waals surface area contributed by atoms with E-state index in [4.69, 9.17) is 9.84 Å². The van der Waals surface area contributed by atoms with E-state index in [1.54, 1.807) is 32.0 Å². The van der Waals surface area contributed by atoms with Gasteiger partial charge in [-0.25, -0.2) is 9.18 Å². The highest BCUT2D eigenvalue weighted by Gasteiger charge is 2.38. The van der Waals surface area contributed by atoms with Crippen molar-refractivity contribution in [3.63, 3.8) is 0 Å². The second kappa shape index (κ2) is 5.81. The van der Waals surface area contributed by atoms with Crippen LogP contribution >= 0.6 is 0 Å². The third-order valence-corrected chi connectivity index (χ3v) is 3.71. The molecule has 2 rings (SSSR count). The summed E-state index contributed by atoms with van der Waals surface area (Å²) in [7, 11) is 0. The Bertz CT molecular complexity index is 558. The molecule has 0 radical (unpaired) electrons. The number of nitrogens with zero attached hydrogens (tertiary/aromatic N) is 1. The summed E-state index contributed by atoms with van der Waals surface area (Å²) < 4.78 is 19.0. The van der Waals surface area contributed by atoms with Gasteiger partial charge in [-0.2, -0.15) is 0 Å². The summed E-state index contributed by atoms with van der Waals surface area (Å²) in [4.78, 5) is 25.1. The molecule has 1 unspecified atom stereocenters. The molecule has 1 aromatic rings. The summed E-state index contributed by atoms with van der Waals surface area (Å²) in [6.07, 6.45) is -1.03. The second-order valence-electron chi connectivity index (χ2n) is 5.55. The van der Waals surface area contributed by atoms with E-state index < -0.39 is 23.3 Å². The fraction of sp³-hybridized carbons (Fsp3) is 0.467. The molecule has 21 heavy (non-hydrogen) atoms. The van der Waals surface area contributed by atoms with Gasteiger partial charge in [0.2, 0.25) is 5.91 Å². The summed E-state index contributed by atoms with van der Waals surface area (Å²) in [5, 5.41) is 8.98. The number of morpholine rings is 1. The summed E-state index contributed by atoms with van der Waals surface area (Å²) >= 11 is 0. The lowest BCUT2D eigenvalue weighted by atomic mass is 9.82. The zero-order chi connectivity index (χ0) is 15.6. The standard InChI is InChI=1S/C15H18FNO4/c1-15(2,10-5-3-4-6-11(10)16)14(20)17-7-8-21-12(9-17)13(18)19/h3-6,12H,7-9H2,1-2H3,(H,18,19). The number of hydrogen-bond acceptors (Lipinski definition) is 3. The zero-order valence-electron chi connectivity index (χ0n) is 12.0. The molecule has 1 fully saturated rings. The molecule has 1 aromatic carbocycles. The summed E-state index contributed by atoms with van der Waals surface area (Å²) in [6, 6.07) is 6.12. The van der Waals surface area contributed by atoms with Gasteiger partial charge in [-0.05, 0) is 19.9 Å². The Labute approximate surface area is 122 Å². The molecule has 1 aliphatic heterocycles. The molecule has 5 nitrogen and oxygen atoms in total. The number of rotatable bonds is 3. The molecule has 0 aliphatic carbocycles. The van der Waals surface area contributed by atoms with Gasteiger partial charge >= 0.3 is 5.97 Å². The molecular formula is C15H18FNO4. The molecule has 1 N–H and O–H groups in total. The molecule has 1 amide bonds. The van der Waals surface area contributed by atoms with Crippen LogP contribution in [0.4, 0.5) is 4.39 Å². The Hall–Kier alpha value is -1.95. The number of carboxylic acid groups (broad SMARTS) is 1. The zero-order valence-corrected chi connectivity index (χ0v) is 12.0. The van der Waals surface area contributed by atoms with Crippen LogP contribution in [0, 0.1) is 5.82 Å². The number of aliphatic carboxylic acids is 1. The first kappa shape index (κ1) is 15.4. The van der Waals surface area contributed by atoms with Gasteiger partial charge in [-0.1, -0.05) is 18.2 Å². The van der Waals surface area contributed by atoms with E-state index in [2.05, 4.69) is 0 Å². The number of benzene rings is 1. The van der Waals surface area contributed by atoms with Crippen LogP contribution in [0.1, 0.15) is 19.4 Å². The van der Waals surface area contributed by atoms with Crippen molar-refractivity contribution in [3.8, 4) is 0 Å². The van der Waals surface area contributed by atoms with Crippen LogP contribution < -0.4 is 0 Å². The van der Waals surface area contributed by atoms with Gasteiger partial charge < -0.3 is 14.7 Å². The van der Waals surface area contributed by atoms with Crippen LogP contribution in [-0.2, 0) is 19.7 Å². The summed E-state index contributed by atoms with van der Waals surface area (Å²) in [5.41, 5.74) is -0.764. The van der Waals surface area contributed by atoms with Gasteiger partial charge in [0.15, 0.2) is 6.10 Å². The monoisotopic (exact) mass is 295 g/mol. The van der Waals surface area contributed by atoms with Crippen LogP contribution in [-0.4, -0.2) is 47.7 Å². The number of carboxylic acids is 1. The van der Waals surface area contributed by atoms with Crippen molar-refractivity contribution in [2.24, 2.45) is 0 Å². The molecule has 0 spiro atoms. The largest absolute Gasteiger partial charge is 0.479 e. The second-order valence-corrected chi connectivity index (χ2v) is 5.55. The van der Waals surface area contributed by atoms with E-state index in [-0.39, 0.29) is 19.1 Å². The van der Waals surface area contributed by atoms with Crippen molar-refractivity contribution in [1.82, 2.24) is 4.90 Å². The Kier molecular flexibility index (Phi) is 4.27. The van der Waals surface area contributed by atoms with Crippen molar-refractivity contribution in [3.05, 3.63) is 35.6 Å². The maximum absolute atomic E-state index is 13.9. The van der Waals surface area contributed by atoms with Crippen molar-refractivity contribution in [2.45, 2.75) is 25.4 Å². The van der Waals surface area contributed by atoms with Crippen LogP contribution in [0.3, 0.4) is 0 Å². The molecule has 114 valence electrons. The van der Waals surface area contributed by atoms with E-state index in [0.29, 0.717) is 12.1 Å². The average molecular weight is 295 g/mol. The highest BCUT2D eigenvalue weighted by Crippen LogP contribution is 2.28. The predicted molar refractivity (Wildman–Crippen MR) is 73.4 cm³/mol. The molecule has 0 aromatic heterocycles. The minimum absolute atomic E-state index is 0.0218. The smallest absolute Gasteiger partial charge is 0.334 e. The molecule has 0 saturated carbocycles. The van der Waals surface area contributed by atoms with E-state index in [1.165, 1.54) is 11.0 Å². The van der Waals surface area contributed by atoms with E-state index in [9.17, 15) is 14.0 Å². The quantitative estimate of drug-likeness (QED) is 0.915. The number of amides is 1. The molecular weight excluding hydrogens is 277 g/mol. The predicted octanol–water partition coefficient (Wildman–Crippen LogP) is 1.42. The highest BCUT2D eigenvalue weighted by atomic mass is 19.1. The van der Waals surface area contributed by atoms with Gasteiger partial charge in [-0.15, -0.1) is 0 Å². The highest BCUT2D eigenvalue weighted by molar-refractivity contribution is 5.88. The lowest BCUT2D eigenvalue weighted by Gasteiger charge is -2.36. The van der Waals surface area contributed by atoms with Crippen LogP contribution in [0.2, 0.25) is 0 Å². The first-order valence-corrected chi connectivity index (χ1v) is 6.73. The number of carbonyl (C=O) groups is 2. The maximum Gasteiger partial charge on any atom is 0.334 e. The first-order valence-electron chi connectivity index (χ1n) is 6.73. The SMILES string of the molecule is CC(C)(C(=O)N1CCOC(C(=O)O)C1)c1ccccc1F. The van der Waals surface area contributed by atoms with Crippen molar-refractivity contribution in [2.75, 3.05) is 19.7 Å². The van der Waals surface area contributed by atoms with Gasteiger partial charge in [0.05, 0.1) is 18.6 Å². The lowest BCUT2D eigenvalue weighted by Crippen LogP contribution is -2.53. The van der Waals surface area contributed by atoms with Crippen molar-refractivity contribution >= 4 is 11.9 Å². The molecule has 0 bridgehead atoms. The Morgan fingerprint density at radius 2 is 2.05 bits per heavy atom. The summed E-state index contributed by atoms with van der Waals surface area (Å²) in [5.74, 6) is -1.85. The third kappa shape index (κ3) is 3.05. The van der Waals surface area contributed by atoms with Crippen LogP contribution in [0.15, 0.2) is 24.3 Å². The fourth-order valence-corrected chi connectivity index (χ4v) is 2.46. The van der Waals surface area contributed by atoms with Crippen molar-refractivity contribution < 1.29 is 23.8 Å². The van der Waals surface area contributed by atoms with Gasteiger partial charge in [0.25, 0.3) is 0 Å². The van der Waals surface area contributed by atoms with Gasteiger partial charge in [0.1, 0.15) is 5.82 Å².